The van der Waals surface area contributed by atoms with Crippen LogP contribution in [0.15, 0.2) is 4.99 Å². The molecule has 2 atom stereocenters. The Morgan fingerprint density at radius 3 is 2.38 bits per heavy atom. The number of nitrogens with one attached hydrogen (secondary N) is 2. The number of aliphatic imine (C=N–C) groups is 1. The molecule has 0 bridgehead atoms. The molecule has 2 rings (SSSR count). The van der Waals surface area contributed by atoms with Gasteiger partial charge in [-0.05, 0) is 45.1 Å². The van der Waals surface area contributed by atoms with E-state index < -0.39 is 0 Å². The van der Waals surface area contributed by atoms with Crippen LogP contribution in [0.3, 0.4) is 0 Å². The fourth-order valence-corrected chi connectivity index (χ4v) is 3.95. The molecule has 1 aliphatic heterocycles. The lowest BCUT2D eigenvalue weighted by Crippen LogP contribution is -2.41. The first-order chi connectivity index (χ1) is 11.9. The van der Waals surface area contributed by atoms with Crippen molar-refractivity contribution in [3.05, 3.63) is 17.0 Å². The van der Waals surface area contributed by atoms with E-state index in [9.17, 15) is 0 Å². The number of rotatable bonds is 6. The van der Waals surface area contributed by atoms with Crippen LogP contribution in [-0.2, 0) is 13.6 Å². The van der Waals surface area contributed by atoms with E-state index in [4.69, 9.17) is 0 Å². The Morgan fingerprint density at radius 2 is 1.85 bits per heavy atom. The summed E-state index contributed by atoms with van der Waals surface area (Å²) in [5.74, 6) is 2.53. The van der Waals surface area contributed by atoms with Crippen molar-refractivity contribution >= 4 is 29.9 Å². The highest BCUT2D eigenvalue weighted by Crippen LogP contribution is 2.20. The monoisotopic (exact) mass is 476 g/mol. The summed E-state index contributed by atoms with van der Waals surface area (Å²) in [6, 6.07) is 0. The van der Waals surface area contributed by atoms with Gasteiger partial charge in [-0.25, -0.2) is 0 Å². The molecule has 6 nitrogen and oxygen atoms in total. The largest absolute Gasteiger partial charge is 0.356 e. The quantitative estimate of drug-likeness (QED) is 0.287. The predicted octanol–water partition coefficient (Wildman–Crippen LogP) is 2.69. The molecule has 1 aliphatic rings. The third-order valence-corrected chi connectivity index (χ3v) is 5.20. The van der Waals surface area contributed by atoms with Gasteiger partial charge in [-0.15, -0.1) is 24.0 Å². The molecule has 26 heavy (non-hydrogen) atoms. The molecule has 7 heteroatoms. The van der Waals surface area contributed by atoms with Crippen LogP contribution in [0.5, 0.6) is 0 Å². The summed E-state index contributed by atoms with van der Waals surface area (Å²) in [6.07, 6.45) is 2.52. The normalized spacial score (nSPS) is 21.4. The molecule has 0 saturated carbocycles. The molecule has 2 heterocycles. The number of aryl methyl sites for hydroxylation is 2. The fraction of sp³-hybridized carbons (Fsp3) is 0.789. The average Bonchev–Trinajstić information content (AvgIpc) is 2.79. The van der Waals surface area contributed by atoms with E-state index in [1.54, 1.807) is 0 Å². The second kappa shape index (κ2) is 11.1. The minimum absolute atomic E-state index is 0. The minimum Gasteiger partial charge on any atom is -0.356 e. The first-order valence-corrected chi connectivity index (χ1v) is 9.56. The Kier molecular flexibility index (Phi) is 9.92. The molecule has 1 aromatic heterocycles. The summed E-state index contributed by atoms with van der Waals surface area (Å²) in [6.45, 7) is 14.3. The number of hydrogen-bond acceptors (Lipinski definition) is 3. The van der Waals surface area contributed by atoms with Crippen molar-refractivity contribution < 1.29 is 0 Å². The van der Waals surface area contributed by atoms with Gasteiger partial charge >= 0.3 is 0 Å². The Labute approximate surface area is 176 Å². The fourth-order valence-electron chi connectivity index (χ4n) is 3.95. The average molecular weight is 476 g/mol. The Morgan fingerprint density at radius 1 is 1.19 bits per heavy atom. The highest BCUT2D eigenvalue weighted by molar-refractivity contribution is 14.0. The second-order valence-electron chi connectivity index (χ2n) is 7.68. The van der Waals surface area contributed by atoms with Crippen molar-refractivity contribution in [1.82, 2.24) is 25.3 Å². The van der Waals surface area contributed by atoms with Gasteiger partial charge < -0.3 is 15.5 Å². The molecule has 0 spiro atoms. The molecule has 1 saturated heterocycles. The highest BCUT2D eigenvalue weighted by Gasteiger charge is 2.21. The maximum atomic E-state index is 4.46. The third-order valence-electron chi connectivity index (χ3n) is 5.20. The highest BCUT2D eigenvalue weighted by atomic mass is 127. The zero-order valence-electron chi connectivity index (χ0n) is 17.3. The summed E-state index contributed by atoms with van der Waals surface area (Å²) in [7, 11) is 3.81. The number of halogens is 1. The molecular weight excluding hydrogens is 439 g/mol. The summed E-state index contributed by atoms with van der Waals surface area (Å²) in [5, 5.41) is 11.3. The van der Waals surface area contributed by atoms with Gasteiger partial charge in [-0.3, -0.25) is 9.67 Å². The minimum atomic E-state index is 0. The van der Waals surface area contributed by atoms with Crippen LogP contribution in [-0.4, -0.2) is 53.9 Å². The summed E-state index contributed by atoms with van der Waals surface area (Å²) in [5.41, 5.74) is 3.53. The Bertz CT molecular complexity index is 573. The zero-order valence-corrected chi connectivity index (χ0v) is 19.6. The van der Waals surface area contributed by atoms with Gasteiger partial charge in [0.2, 0.25) is 0 Å². The van der Waals surface area contributed by atoms with Crippen LogP contribution in [0.4, 0.5) is 0 Å². The van der Waals surface area contributed by atoms with Crippen molar-refractivity contribution in [2.24, 2.45) is 23.9 Å². The first-order valence-electron chi connectivity index (χ1n) is 9.56. The van der Waals surface area contributed by atoms with E-state index in [2.05, 4.69) is 53.3 Å². The van der Waals surface area contributed by atoms with Gasteiger partial charge in [-0.1, -0.05) is 13.8 Å². The van der Waals surface area contributed by atoms with Crippen molar-refractivity contribution in [1.29, 1.82) is 0 Å². The van der Waals surface area contributed by atoms with Crippen molar-refractivity contribution in [3.63, 3.8) is 0 Å². The molecular formula is C19H37IN6. The SMILES string of the molecule is CN=C(NCCCN1CC(C)CC(C)C1)NCc1c(C)nn(C)c1C.I. The van der Waals surface area contributed by atoms with Crippen molar-refractivity contribution in [2.45, 2.75) is 47.1 Å². The van der Waals surface area contributed by atoms with Crippen molar-refractivity contribution in [2.75, 3.05) is 33.2 Å². The van der Waals surface area contributed by atoms with Crippen LogP contribution in [0.2, 0.25) is 0 Å². The predicted molar refractivity (Wildman–Crippen MR) is 120 cm³/mol. The lowest BCUT2D eigenvalue weighted by Gasteiger charge is -2.35. The molecule has 1 aromatic rings. The Hall–Kier alpha value is -0.830. The second-order valence-corrected chi connectivity index (χ2v) is 7.68. The van der Waals surface area contributed by atoms with E-state index in [-0.39, 0.29) is 24.0 Å². The molecule has 0 radical (unpaired) electrons. The smallest absolute Gasteiger partial charge is 0.191 e. The number of piperidine rings is 1. The van der Waals surface area contributed by atoms with E-state index >= 15 is 0 Å². The summed E-state index contributed by atoms with van der Waals surface area (Å²) >= 11 is 0. The molecule has 2 unspecified atom stereocenters. The lowest BCUT2D eigenvalue weighted by atomic mass is 9.92. The molecule has 0 aromatic carbocycles. The van der Waals surface area contributed by atoms with E-state index in [1.807, 2.05) is 18.8 Å². The van der Waals surface area contributed by atoms with Crippen LogP contribution in [0.1, 0.15) is 43.6 Å². The van der Waals surface area contributed by atoms with Crippen LogP contribution in [0.25, 0.3) is 0 Å². The molecule has 0 aliphatic carbocycles. The van der Waals surface area contributed by atoms with Crippen LogP contribution in [0, 0.1) is 25.7 Å². The number of hydrogen-bond donors (Lipinski definition) is 2. The third kappa shape index (κ3) is 6.72. The summed E-state index contributed by atoms with van der Waals surface area (Å²) in [4.78, 5) is 6.94. The van der Waals surface area contributed by atoms with Gasteiger partial charge in [0, 0.05) is 51.5 Å². The topological polar surface area (TPSA) is 57.5 Å². The number of nitrogens with zero attached hydrogens (tertiary/aromatic N) is 4. The van der Waals surface area contributed by atoms with Gasteiger partial charge in [0.05, 0.1) is 5.69 Å². The lowest BCUT2D eigenvalue weighted by molar-refractivity contribution is 0.140. The van der Waals surface area contributed by atoms with E-state index in [1.165, 1.54) is 37.3 Å². The van der Waals surface area contributed by atoms with E-state index in [0.717, 1.165) is 43.0 Å². The van der Waals surface area contributed by atoms with Gasteiger partial charge in [0.25, 0.3) is 0 Å². The molecule has 0 amide bonds. The molecule has 2 N–H and O–H groups in total. The summed E-state index contributed by atoms with van der Waals surface area (Å²) < 4.78 is 1.93. The maximum absolute atomic E-state index is 4.46. The van der Waals surface area contributed by atoms with Crippen LogP contribution < -0.4 is 10.6 Å². The first kappa shape index (κ1) is 23.2. The van der Waals surface area contributed by atoms with Gasteiger partial charge in [0.15, 0.2) is 5.96 Å². The van der Waals surface area contributed by atoms with Gasteiger partial charge in [0.1, 0.15) is 0 Å². The Balaban J connectivity index is 0.00000338. The zero-order chi connectivity index (χ0) is 18.4. The maximum Gasteiger partial charge on any atom is 0.191 e. The van der Waals surface area contributed by atoms with E-state index in [0.29, 0.717) is 0 Å². The number of aromatic nitrogens is 2. The number of guanidine groups is 1. The number of likely N-dealkylation sites (tertiary alicyclic amines) is 1. The van der Waals surface area contributed by atoms with Crippen LogP contribution >= 0.6 is 24.0 Å². The standard InChI is InChI=1S/C19H36N6.HI/c1-14-10-15(2)13-25(12-14)9-7-8-21-19(20-5)22-11-18-16(3)23-24(6)17(18)4;/h14-15H,7-13H2,1-6H3,(H2,20,21,22);1H. The van der Waals surface area contributed by atoms with Gasteiger partial charge in [-0.2, -0.15) is 5.10 Å². The van der Waals surface area contributed by atoms with Crippen molar-refractivity contribution in [3.8, 4) is 0 Å². The molecule has 150 valence electrons. The molecule has 1 fully saturated rings.